The average molecular weight is 216 g/mol. The van der Waals surface area contributed by atoms with Crippen molar-refractivity contribution in [2.24, 2.45) is 5.73 Å². The molecule has 88 valence electrons. The lowest BCUT2D eigenvalue weighted by molar-refractivity contribution is -0.162. The van der Waals surface area contributed by atoms with Crippen molar-refractivity contribution in [1.29, 1.82) is 0 Å². The van der Waals surface area contributed by atoms with Crippen molar-refractivity contribution in [1.82, 2.24) is 4.90 Å². The Morgan fingerprint density at radius 2 is 2.33 bits per heavy atom. The first kappa shape index (κ1) is 12.4. The van der Waals surface area contributed by atoms with Crippen molar-refractivity contribution < 1.29 is 14.6 Å². The van der Waals surface area contributed by atoms with E-state index in [1.807, 2.05) is 25.7 Å². The van der Waals surface area contributed by atoms with Crippen LogP contribution in [0.2, 0.25) is 0 Å². The molecular weight excluding hydrogens is 196 g/mol. The smallest absolute Gasteiger partial charge is 0.323 e. The highest BCUT2D eigenvalue weighted by Gasteiger charge is 2.37. The lowest BCUT2D eigenvalue weighted by Gasteiger charge is -2.42. The number of carboxylic acids is 1. The molecule has 0 saturated carbocycles. The van der Waals surface area contributed by atoms with Gasteiger partial charge in [0.05, 0.1) is 12.2 Å². The van der Waals surface area contributed by atoms with Crippen LogP contribution < -0.4 is 5.73 Å². The minimum atomic E-state index is -0.842. The Balaban J connectivity index is 2.69. The van der Waals surface area contributed by atoms with Crippen molar-refractivity contribution in [3.63, 3.8) is 0 Å². The molecule has 0 aromatic rings. The maximum atomic E-state index is 11.0. The number of nitrogens with zero attached hydrogens (tertiary/aromatic N) is 1. The summed E-state index contributed by atoms with van der Waals surface area (Å²) in [6.07, 6.45) is 0. The molecule has 1 saturated heterocycles. The molecule has 0 unspecified atom stereocenters. The Bertz CT molecular complexity index is 241. The highest BCUT2D eigenvalue weighted by molar-refractivity contribution is 5.73. The molecule has 3 N–H and O–H groups in total. The maximum absolute atomic E-state index is 11.0. The van der Waals surface area contributed by atoms with Crippen molar-refractivity contribution in [2.45, 2.75) is 38.5 Å². The molecule has 5 heteroatoms. The van der Waals surface area contributed by atoms with Crippen molar-refractivity contribution in [2.75, 3.05) is 19.7 Å². The summed E-state index contributed by atoms with van der Waals surface area (Å²) in [4.78, 5) is 12.9. The lowest BCUT2D eigenvalue weighted by Crippen LogP contribution is -2.58. The van der Waals surface area contributed by atoms with E-state index >= 15 is 0 Å². The van der Waals surface area contributed by atoms with E-state index in [1.54, 1.807) is 0 Å². The van der Waals surface area contributed by atoms with Crippen LogP contribution in [0.15, 0.2) is 0 Å². The molecule has 0 aromatic carbocycles. The van der Waals surface area contributed by atoms with Gasteiger partial charge in [-0.3, -0.25) is 9.69 Å². The maximum Gasteiger partial charge on any atom is 0.323 e. The summed E-state index contributed by atoms with van der Waals surface area (Å²) in [6.45, 7) is 7.21. The zero-order valence-electron chi connectivity index (χ0n) is 9.56. The standard InChI is InChI=1S/C10H20N2O3/c1-7(11)4-12-6-10(2,3)15-5-8(12)9(13)14/h7-8H,4-6,11H2,1-3H3,(H,13,14)/t7-,8-/m0/s1. The van der Waals surface area contributed by atoms with E-state index in [-0.39, 0.29) is 18.2 Å². The van der Waals surface area contributed by atoms with Crippen molar-refractivity contribution in [3.05, 3.63) is 0 Å². The topological polar surface area (TPSA) is 75.8 Å². The Kier molecular flexibility index (Phi) is 3.70. The van der Waals surface area contributed by atoms with Crippen LogP contribution in [0.5, 0.6) is 0 Å². The van der Waals surface area contributed by atoms with Gasteiger partial charge in [-0.25, -0.2) is 0 Å². The summed E-state index contributed by atoms with van der Waals surface area (Å²) < 4.78 is 5.49. The van der Waals surface area contributed by atoms with Crippen molar-refractivity contribution in [3.8, 4) is 0 Å². The molecule has 0 radical (unpaired) electrons. The lowest BCUT2D eigenvalue weighted by atomic mass is 10.0. The summed E-state index contributed by atoms with van der Waals surface area (Å²) in [5.74, 6) is -0.842. The minimum absolute atomic E-state index is 0.0271. The second-order valence-corrected chi connectivity index (χ2v) is 4.83. The van der Waals surface area contributed by atoms with Crippen LogP contribution in [0.1, 0.15) is 20.8 Å². The van der Waals surface area contributed by atoms with Crippen LogP contribution in [0.25, 0.3) is 0 Å². The molecule has 0 amide bonds. The molecule has 2 atom stereocenters. The molecule has 0 aromatic heterocycles. The molecule has 0 aliphatic carbocycles. The summed E-state index contributed by atoms with van der Waals surface area (Å²) in [5.41, 5.74) is 5.41. The highest BCUT2D eigenvalue weighted by Crippen LogP contribution is 2.20. The molecule has 1 heterocycles. The van der Waals surface area contributed by atoms with Crippen LogP contribution in [0.4, 0.5) is 0 Å². The number of carbonyl (C=O) groups is 1. The second kappa shape index (κ2) is 4.47. The Labute approximate surface area is 90.2 Å². The molecule has 1 rings (SSSR count). The Morgan fingerprint density at radius 3 is 2.80 bits per heavy atom. The molecule has 0 bridgehead atoms. The van der Waals surface area contributed by atoms with Gasteiger partial charge in [0.1, 0.15) is 6.04 Å². The number of ether oxygens (including phenoxy) is 1. The van der Waals surface area contributed by atoms with Gasteiger partial charge in [0, 0.05) is 19.1 Å². The van der Waals surface area contributed by atoms with Gasteiger partial charge in [-0.15, -0.1) is 0 Å². The zero-order chi connectivity index (χ0) is 11.6. The van der Waals surface area contributed by atoms with E-state index in [0.29, 0.717) is 13.1 Å². The molecule has 1 aliphatic heterocycles. The largest absolute Gasteiger partial charge is 0.480 e. The first-order valence-electron chi connectivity index (χ1n) is 5.18. The monoisotopic (exact) mass is 216 g/mol. The number of carboxylic acid groups (broad SMARTS) is 1. The minimum Gasteiger partial charge on any atom is -0.480 e. The van der Waals surface area contributed by atoms with E-state index in [9.17, 15) is 4.79 Å². The fraction of sp³-hybridized carbons (Fsp3) is 0.900. The Hall–Kier alpha value is -0.650. The van der Waals surface area contributed by atoms with Crippen LogP contribution in [0.3, 0.4) is 0 Å². The van der Waals surface area contributed by atoms with Crippen LogP contribution in [0, 0.1) is 0 Å². The normalized spacial score (nSPS) is 28.7. The van der Waals surface area contributed by atoms with Gasteiger partial charge in [0.15, 0.2) is 0 Å². The fourth-order valence-corrected chi connectivity index (χ4v) is 1.84. The second-order valence-electron chi connectivity index (χ2n) is 4.83. The third-order valence-electron chi connectivity index (χ3n) is 2.46. The Morgan fingerprint density at radius 1 is 1.73 bits per heavy atom. The van der Waals surface area contributed by atoms with Gasteiger partial charge < -0.3 is 15.6 Å². The zero-order valence-corrected chi connectivity index (χ0v) is 9.56. The number of rotatable bonds is 3. The first-order valence-corrected chi connectivity index (χ1v) is 5.18. The number of aliphatic carboxylic acids is 1. The van der Waals surface area contributed by atoms with E-state index in [4.69, 9.17) is 15.6 Å². The molecule has 15 heavy (non-hydrogen) atoms. The summed E-state index contributed by atoms with van der Waals surface area (Å²) in [6, 6.07) is -0.593. The van der Waals surface area contributed by atoms with Crippen LogP contribution >= 0.6 is 0 Å². The molecule has 1 fully saturated rings. The predicted octanol–water partition coefficient (Wildman–Crippen LogP) is -0.102. The predicted molar refractivity (Wildman–Crippen MR) is 56.7 cm³/mol. The quantitative estimate of drug-likeness (QED) is 0.689. The number of morpholine rings is 1. The van der Waals surface area contributed by atoms with Gasteiger partial charge in [0.25, 0.3) is 0 Å². The number of nitrogens with two attached hydrogens (primary N) is 1. The van der Waals surface area contributed by atoms with Crippen LogP contribution in [-0.2, 0) is 9.53 Å². The fourth-order valence-electron chi connectivity index (χ4n) is 1.84. The van der Waals surface area contributed by atoms with E-state index in [2.05, 4.69) is 0 Å². The van der Waals surface area contributed by atoms with Gasteiger partial charge in [-0.05, 0) is 20.8 Å². The molecule has 0 spiro atoms. The average Bonchev–Trinajstić information content (AvgIpc) is 1.99. The molecular formula is C10H20N2O3. The SMILES string of the molecule is C[C@H](N)CN1CC(C)(C)OC[C@H]1C(=O)O. The number of hydrogen-bond acceptors (Lipinski definition) is 4. The van der Waals surface area contributed by atoms with Gasteiger partial charge in [-0.2, -0.15) is 0 Å². The van der Waals surface area contributed by atoms with Gasteiger partial charge >= 0.3 is 5.97 Å². The van der Waals surface area contributed by atoms with E-state index in [0.717, 1.165) is 0 Å². The summed E-state index contributed by atoms with van der Waals surface area (Å²) in [5, 5.41) is 9.03. The van der Waals surface area contributed by atoms with Gasteiger partial charge in [-0.1, -0.05) is 0 Å². The summed E-state index contributed by atoms with van der Waals surface area (Å²) >= 11 is 0. The molecule has 1 aliphatic rings. The third-order valence-corrected chi connectivity index (χ3v) is 2.46. The van der Waals surface area contributed by atoms with Crippen molar-refractivity contribution >= 4 is 5.97 Å². The first-order chi connectivity index (χ1) is 6.82. The van der Waals surface area contributed by atoms with Gasteiger partial charge in [0.2, 0.25) is 0 Å². The highest BCUT2D eigenvalue weighted by atomic mass is 16.5. The molecule has 5 nitrogen and oxygen atoms in total. The number of hydrogen-bond donors (Lipinski definition) is 2. The third kappa shape index (κ3) is 3.44. The summed E-state index contributed by atoms with van der Waals surface area (Å²) in [7, 11) is 0. The van der Waals surface area contributed by atoms with E-state index in [1.165, 1.54) is 0 Å². The van der Waals surface area contributed by atoms with E-state index < -0.39 is 12.0 Å². The van der Waals surface area contributed by atoms with Crippen LogP contribution in [-0.4, -0.2) is 53.4 Å².